The van der Waals surface area contributed by atoms with E-state index in [4.69, 9.17) is 18.9 Å². The Balaban J connectivity index is 2.57. The van der Waals surface area contributed by atoms with Crippen LogP contribution in [-0.2, 0) is 20.3 Å². The Labute approximate surface area is 242 Å². The molecule has 0 spiro atoms. The SMILES string of the molecule is COCOc1c(C)cc(C(C)(C)C)cc1N(c1cc(C(C)(C)C)cc(C)c1OCOC)c1c(C)cc(C)cc1C. The predicted molar refractivity (Wildman–Crippen MR) is 167 cm³/mol. The minimum atomic E-state index is -0.0686. The molecule has 40 heavy (non-hydrogen) atoms. The number of anilines is 3. The van der Waals surface area contributed by atoms with Crippen LogP contribution >= 0.6 is 0 Å². The molecular weight excluding hydrogens is 498 g/mol. The molecule has 0 amide bonds. The molecule has 0 aliphatic heterocycles. The summed E-state index contributed by atoms with van der Waals surface area (Å²) in [6.45, 7) is 24.5. The van der Waals surface area contributed by atoms with Gasteiger partial charge in [0, 0.05) is 14.2 Å². The van der Waals surface area contributed by atoms with Crippen molar-refractivity contribution >= 4 is 17.1 Å². The Kier molecular flexibility index (Phi) is 9.64. The van der Waals surface area contributed by atoms with E-state index in [0.29, 0.717) is 0 Å². The van der Waals surface area contributed by atoms with Gasteiger partial charge in [-0.3, -0.25) is 0 Å². The van der Waals surface area contributed by atoms with Crippen molar-refractivity contribution < 1.29 is 18.9 Å². The van der Waals surface area contributed by atoms with Crippen molar-refractivity contribution in [2.24, 2.45) is 0 Å². The van der Waals surface area contributed by atoms with E-state index >= 15 is 0 Å². The lowest BCUT2D eigenvalue weighted by Crippen LogP contribution is -2.21. The maximum atomic E-state index is 6.33. The third-order valence-corrected chi connectivity index (χ3v) is 7.23. The molecule has 5 nitrogen and oxygen atoms in total. The van der Waals surface area contributed by atoms with Gasteiger partial charge in [-0.05, 0) is 91.0 Å². The smallest absolute Gasteiger partial charge is 0.188 e. The Morgan fingerprint density at radius 3 is 1.25 bits per heavy atom. The average Bonchev–Trinajstić information content (AvgIpc) is 2.83. The largest absolute Gasteiger partial charge is 0.465 e. The molecule has 0 bridgehead atoms. The Morgan fingerprint density at radius 1 is 0.550 bits per heavy atom. The van der Waals surface area contributed by atoms with Crippen LogP contribution in [0.15, 0.2) is 36.4 Å². The Bertz CT molecular complexity index is 1250. The first-order chi connectivity index (χ1) is 18.6. The van der Waals surface area contributed by atoms with Crippen LogP contribution in [0.5, 0.6) is 11.5 Å². The topological polar surface area (TPSA) is 40.2 Å². The van der Waals surface area contributed by atoms with Crippen molar-refractivity contribution in [3.8, 4) is 11.5 Å². The first-order valence-corrected chi connectivity index (χ1v) is 14.0. The van der Waals surface area contributed by atoms with Crippen molar-refractivity contribution in [2.45, 2.75) is 87.0 Å². The summed E-state index contributed by atoms with van der Waals surface area (Å²) in [7, 11) is 3.30. The van der Waals surface area contributed by atoms with Crippen LogP contribution in [0, 0.1) is 34.6 Å². The van der Waals surface area contributed by atoms with E-state index < -0.39 is 0 Å². The number of methoxy groups -OCH3 is 2. The first kappa shape index (κ1) is 31.5. The monoisotopic (exact) mass is 547 g/mol. The number of aryl methyl sites for hydroxylation is 5. The fourth-order valence-electron chi connectivity index (χ4n) is 5.22. The molecular formula is C35H49NO4. The van der Waals surface area contributed by atoms with Crippen molar-refractivity contribution in [2.75, 3.05) is 32.7 Å². The molecule has 0 atom stereocenters. The summed E-state index contributed by atoms with van der Waals surface area (Å²) in [5.41, 5.74) is 11.0. The summed E-state index contributed by atoms with van der Waals surface area (Å²) in [4.78, 5) is 2.32. The standard InChI is InChI=1S/C35H49NO4/c1-22-14-23(2)31(24(3)15-22)36(29-18-27(34(6,7)8)16-25(4)32(29)39-20-37-12)30-19-28(35(9,10)11)17-26(5)33(30)40-21-38-13/h14-19H,20-21H2,1-13H3. The minimum absolute atomic E-state index is 0.0686. The third-order valence-electron chi connectivity index (χ3n) is 7.23. The highest BCUT2D eigenvalue weighted by atomic mass is 16.7. The van der Waals surface area contributed by atoms with E-state index in [1.807, 2.05) is 0 Å². The highest BCUT2D eigenvalue weighted by Crippen LogP contribution is 2.50. The molecule has 0 saturated carbocycles. The van der Waals surface area contributed by atoms with Crippen LogP contribution in [-0.4, -0.2) is 27.8 Å². The van der Waals surface area contributed by atoms with Crippen molar-refractivity contribution in [3.05, 3.63) is 75.3 Å². The van der Waals surface area contributed by atoms with E-state index in [-0.39, 0.29) is 24.4 Å². The van der Waals surface area contributed by atoms with Crippen LogP contribution in [0.1, 0.15) is 80.5 Å². The minimum Gasteiger partial charge on any atom is -0.465 e. The molecule has 218 valence electrons. The molecule has 0 aromatic heterocycles. The number of nitrogens with zero attached hydrogens (tertiary/aromatic N) is 1. The number of hydrogen-bond donors (Lipinski definition) is 0. The lowest BCUT2D eigenvalue weighted by Gasteiger charge is -2.35. The summed E-state index contributed by atoms with van der Waals surface area (Å²) in [6.07, 6.45) is 0. The van der Waals surface area contributed by atoms with Gasteiger partial charge in [0.2, 0.25) is 0 Å². The fraction of sp³-hybridized carbons (Fsp3) is 0.486. The van der Waals surface area contributed by atoms with Crippen LogP contribution in [0.3, 0.4) is 0 Å². The van der Waals surface area contributed by atoms with Crippen LogP contribution < -0.4 is 14.4 Å². The highest BCUT2D eigenvalue weighted by Gasteiger charge is 2.29. The number of benzene rings is 3. The van der Waals surface area contributed by atoms with Gasteiger partial charge in [-0.15, -0.1) is 0 Å². The molecule has 5 heteroatoms. The maximum absolute atomic E-state index is 6.33. The van der Waals surface area contributed by atoms with Crippen LogP contribution in [0.2, 0.25) is 0 Å². The van der Waals surface area contributed by atoms with Crippen LogP contribution in [0.4, 0.5) is 17.1 Å². The van der Waals surface area contributed by atoms with Crippen molar-refractivity contribution in [3.63, 3.8) is 0 Å². The zero-order valence-electron chi connectivity index (χ0n) is 27.0. The number of ether oxygens (including phenoxy) is 4. The second-order valence-electron chi connectivity index (χ2n) is 13.0. The fourth-order valence-corrected chi connectivity index (χ4v) is 5.22. The van der Waals surface area contributed by atoms with E-state index in [0.717, 1.165) is 39.7 Å². The lowest BCUT2D eigenvalue weighted by molar-refractivity contribution is 0.0506. The van der Waals surface area contributed by atoms with Gasteiger partial charge < -0.3 is 23.8 Å². The van der Waals surface area contributed by atoms with E-state index in [9.17, 15) is 0 Å². The van der Waals surface area contributed by atoms with Crippen molar-refractivity contribution in [1.29, 1.82) is 0 Å². The molecule has 0 fully saturated rings. The van der Waals surface area contributed by atoms with Gasteiger partial charge in [0.25, 0.3) is 0 Å². The highest BCUT2D eigenvalue weighted by molar-refractivity contribution is 5.88. The number of rotatable bonds is 9. The van der Waals surface area contributed by atoms with Gasteiger partial charge in [0.15, 0.2) is 13.6 Å². The van der Waals surface area contributed by atoms with Gasteiger partial charge in [-0.2, -0.15) is 0 Å². The molecule has 0 aliphatic carbocycles. The Morgan fingerprint density at radius 2 is 0.925 bits per heavy atom. The molecule has 0 unspecified atom stereocenters. The van der Waals surface area contributed by atoms with E-state index in [1.165, 1.54) is 27.8 Å². The first-order valence-electron chi connectivity index (χ1n) is 14.0. The number of hydrogen-bond acceptors (Lipinski definition) is 5. The second-order valence-corrected chi connectivity index (χ2v) is 13.0. The Hall–Kier alpha value is -3.02. The zero-order chi connectivity index (χ0) is 30.0. The summed E-state index contributed by atoms with van der Waals surface area (Å²) in [5.74, 6) is 1.57. The summed E-state index contributed by atoms with van der Waals surface area (Å²) in [6, 6.07) is 13.4. The van der Waals surface area contributed by atoms with Crippen molar-refractivity contribution in [1.82, 2.24) is 0 Å². The van der Waals surface area contributed by atoms with E-state index in [2.05, 4.69) is 117 Å². The molecule has 3 aromatic carbocycles. The molecule has 0 aliphatic rings. The third kappa shape index (κ3) is 6.82. The average molecular weight is 548 g/mol. The molecule has 0 saturated heterocycles. The van der Waals surface area contributed by atoms with Gasteiger partial charge in [0.1, 0.15) is 11.5 Å². The molecule has 3 rings (SSSR count). The van der Waals surface area contributed by atoms with E-state index in [1.54, 1.807) is 14.2 Å². The van der Waals surface area contributed by atoms with Gasteiger partial charge in [0.05, 0.1) is 17.1 Å². The van der Waals surface area contributed by atoms with Gasteiger partial charge in [-0.25, -0.2) is 0 Å². The predicted octanol–water partition coefficient (Wildman–Crippen LogP) is 9.26. The normalized spacial score (nSPS) is 12.0. The lowest BCUT2D eigenvalue weighted by atomic mass is 9.84. The molecule has 3 aromatic rings. The molecule has 0 heterocycles. The van der Waals surface area contributed by atoms with Gasteiger partial charge in [-0.1, -0.05) is 71.4 Å². The summed E-state index contributed by atoms with van der Waals surface area (Å²) < 4.78 is 23.4. The maximum Gasteiger partial charge on any atom is 0.188 e. The second kappa shape index (κ2) is 12.2. The summed E-state index contributed by atoms with van der Waals surface area (Å²) in [5, 5.41) is 0. The zero-order valence-corrected chi connectivity index (χ0v) is 27.0. The molecule has 0 radical (unpaired) electrons. The van der Waals surface area contributed by atoms with Gasteiger partial charge >= 0.3 is 0 Å². The molecule has 0 N–H and O–H groups in total. The quantitative estimate of drug-likeness (QED) is 0.250. The summed E-state index contributed by atoms with van der Waals surface area (Å²) >= 11 is 0. The van der Waals surface area contributed by atoms with Crippen LogP contribution in [0.25, 0.3) is 0 Å².